The number of methoxy groups -OCH3 is 1. The highest BCUT2D eigenvalue weighted by atomic mass is 32.1. The Hall–Kier alpha value is -2.01. The number of likely N-dealkylation sites (tertiary alicyclic amines) is 1. The molecule has 1 aliphatic rings. The van der Waals surface area contributed by atoms with E-state index in [1.807, 2.05) is 29.2 Å². The van der Waals surface area contributed by atoms with Gasteiger partial charge in [0.05, 0.1) is 13.2 Å². The second-order valence-electron chi connectivity index (χ2n) is 6.08. The van der Waals surface area contributed by atoms with E-state index in [4.69, 9.17) is 4.74 Å². The van der Waals surface area contributed by atoms with Crippen LogP contribution in [-0.2, 0) is 6.54 Å². The molecule has 1 aromatic heterocycles. The fourth-order valence-electron chi connectivity index (χ4n) is 3.19. The van der Waals surface area contributed by atoms with E-state index < -0.39 is 0 Å². The molecule has 2 heterocycles. The molecule has 1 aromatic carbocycles. The normalized spacial score (nSPS) is 18.0. The van der Waals surface area contributed by atoms with Gasteiger partial charge in [0.1, 0.15) is 5.75 Å². The van der Waals surface area contributed by atoms with Gasteiger partial charge in [-0.1, -0.05) is 31.0 Å². The van der Waals surface area contributed by atoms with Crippen molar-refractivity contribution >= 4 is 17.4 Å². The predicted octanol–water partition coefficient (Wildman–Crippen LogP) is 4.58. The second kappa shape index (κ2) is 8.20. The highest BCUT2D eigenvalue weighted by Gasteiger charge is 2.27. The van der Waals surface area contributed by atoms with Crippen LogP contribution in [0.1, 0.15) is 42.2 Å². The minimum atomic E-state index is 0.0260. The maximum absolute atomic E-state index is 12.8. The number of nitrogens with zero attached hydrogens (tertiary/aromatic N) is 1. The van der Waals surface area contributed by atoms with Crippen LogP contribution in [0.15, 0.2) is 41.8 Å². The zero-order chi connectivity index (χ0) is 16.8. The molecule has 0 bridgehead atoms. The third-order valence-corrected chi connectivity index (χ3v) is 5.44. The first-order valence-corrected chi connectivity index (χ1v) is 9.36. The van der Waals surface area contributed by atoms with Gasteiger partial charge in [0.2, 0.25) is 0 Å². The summed E-state index contributed by atoms with van der Waals surface area (Å²) in [6.07, 6.45) is 4.51. The second-order valence-corrected chi connectivity index (χ2v) is 7.06. The molecule has 0 aliphatic carbocycles. The third kappa shape index (κ3) is 4.09. The van der Waals surface area contributed by atoms with Crippen LogP contribution >= 0.6 is 11.3 Å². The van der Waals surface area contributed by atoms with Crippen molar-refractivity contribution in [1.29, 1.82) is 0 Å². The van der Waals surface area contributed by atoms with Gasteiger partial charge in [-0.25, -0.2) is 4.79 Å². The van der Waals surface area contributed by atoms with Crippen LogP contribution < -0.4 is 10.1 Å². The Balaban J connectivity index is 1.67. The lowest BCUT2D eigenvalue weighted by Gasteiger charge is -2.29. The maximum Gasteiger partial charge on any atom is 0.318 e. The third-order valence-electron chi connectivity index (χ3n) is 4.46. The van der Waals surface area contributed by atoms with E-state index in [9.17, 15) is 4.79 Å². The number of carbonyl (C=O) groups excluding carboxylic acids is 1. The molecule has 1 fully saturated rings. The molecule has 0 saturated carbocycles. The molecule has 128 valence electrons. The molecule has 1 aliphatic heterocycles. The van der Waals surface area contributed by atoms with Crippen molar-refractivity contribution in [3.05, 3.63) is 52.2 Å². The van der Waals surface area contributed by atoms with Crippen molar-refractivity contribution in [1.82, 2.24) is 10.2 Å². The molecular formula is C19H24N2O2S. The summed E-state index contributed by atoms with van der Waals surface area (Å²) in [6, 6.07) is 12.3. The number of amides is 2. The van der Waals surface area contributed by atoms with Gasteiger partial charge < -0.3 is 15.0 Å². The van der Waals surface area contributed by atoms with E-state index in [1.165, 1.54) is 17.7 Å². The standard InChI is InChI=1S/C19H24N2O2S/c1-23-16-8-5-7-15(13-16)14-20-19(22)21-11-4-2-3-9-17(21)18-10-6-12-24-18/h5-8,10,12-13,17H,2-4,9,11,14H2,1H3,(H,20,22)/t17-/m1/s1. The Kier molecular flexibility index (Phi) is 5.75. The van der Waals surface area contributed by atoms with Crippen molar-refractivity contribution in [2.24, 2.45) is 0 Å². The van der Waals surface area contributed by atoms with Gasteiger partial charge >= 0.3 is 6.03 Å². The summed E-state index contributed by atoms with van der Waals surface area (Å²) in [5, 5.41) is 5.17. The fraction of sp³-hybridized carbons (Fsp3) is 0.421. The Morgan fingerprint density at radius 1 is 1.29 bits per heavy atom. The topological polar surface area (TPSA) is 41.6 Å². The molecule has 2 aromatic rings. The van der Waals surface area contributed by atoms with E-state index in [1.54, 1.807) is 18.4 Å². The van der Waals surface area contributed by atoms with Crippen LogP contribution in [0, 0.1) is 0 Å². The van der Waals surface area contributed by atoms with Crippen molar-refractivity contribution < 1.29 is 9.53 Å². The van der Waals surface area contributed by atoms with Gasteiger partial charge in [-0.3, -0.25) is 0 Å². The van der Waals surface area contributed by atoms with Crippen LogP contribution in [0.4, 0.5) is 4.79 Å². The van der Waals surface area contributed by atoms with Crippen molar-refractivity contribution in [2.45, 2.75) is 38.3 Å². The number of hydrogen-bond acceptors (Lipinski definition) is 3. The maximum atomic E-state index is 12.8. The Morgan fingerprint density at radius 3 is 3.00 bits per heavy atom. The quantitative estimate of drug-likeness (QED) is 0.882. The fourth-order valence-corrected chi connectivity index (χ4v) is 4.06. The van der Waals surface area contributed by atoms with E-state index in [0.717, 1.165) is 30.7 Å². The molecule has 0 radical (unpaired) electrons. The molecule has 1 N–H and O–H groups in total. The Morgan fingerprint density at radius 2 is 2.21 bits per heavy atom. The summed E-state index contributed by atoms with van der Waals surface area (Å²) in [5.41, 5.74) is 1.05. The van der Waals surface area contributed by atoms with Crippen LogP contribution in [0.25, 0.3) is 0 Å². The average Bonchev–Trinajstić information content (AvgIpc) is 3.04. The van der Waals surface area contributed by atoms with E-state index >= 15 is 0 Å². The number of hydrogen-bond donors (Lipinski definition) is 1. The molecule has 3 rings (SSSR count). The molecule has 24 heavy (non-hydrogen) atoms. The van der Waals surface area contributed by atoms with Crippen LogP contribution in [0.2, 0.25) is 0 Å². The monoisotopic (exact) mass is 344 g/mol. The highest BCUT2D eigenvalue weighted by Crippen LogP contribution is 2.32. The molecular weight excluding hydrogens is 320 g/mol. The molecule has 0 spiro atoms. The number of rotatable bonds is 4. The largest absolute Gasteiger partial charge is 0.497 e. The van der Waals surface area contributed by atoms with Crippen LogP contribution in [0.5, 0.6) is 5.75 Å². The predicted molar refractivity (Wildman–Crippen MR) is 97.5 cm³/mol. The highest BCUT2D eigenvalue weighted by molar-refractivity contribution is 7.10. The van der Waals surface area contributed by atoms with Gasteiger partial charge in [-0.2, -0.15) is 0 Å². The average molecular weight is 344 g/mol. The number of benzene rings is 1. The van der Waals surface area contributed by atoms with Crippen molar-refractivity contribution in [3.8, 4) is 5.75 Å². The Bertz CT molecular complexity index is 657. The molecule has 0 unspecified atom stereocenters. The summed E-state index contributed by atoms with van der Waals surface area (Å²) in [7, 11) is 1.65. The zero-order valence-electron chi connectivity index (χ0n) is 14.0. The summed E-state index contributed by atoms with van der Waals surface area (Å²) in [6.45, 7) is 1.34. The van der Waals surface area contributed by atoms with E-state index in [0.29, 0.717) is 6.54 Å². The summed E-state index contributed by atoms with van der Waals surface area (Å²) < 4.78 is 5.24. The molecule has 1 saturated heterocycles. The molecule has 5 heteroatoms. The first kappa shape index (κ1) is 16.8. The first-order valence-electron chi connectivity index (χ1n) is 8.49. The van der Waals surface area contributed by atoms with Crippen molar-refractivity contribution in [2.75, 3.05) is 13.7 Å². The van der Waals surface area contributed by atoms with Crippen LogP contribution in [0.3, 0.4) is 0 Å². The molecule has 1 atom stereocenters. The first-order chi connectivity index (χ1) is 11.8. The minimum absolute atomic E-state index is 0.0260. The molecule has 2 amide bonds. The number of ether oxygens (including phenoxy) is 1. The van der Waals surface area contributed by atoms with E-state index in [2.05, 4.69) is 22.8 Å². The number of thiophene rings is 1. The lowest BCUT2D eigenvalue weighted by Crippen LogP contribution is -2.41. The number of carbonyl (C=O) groups is 1. The smallest absolute Gasteiger partial charge is 0.318 e. The van der Waals surface area contributed by atoms with Gasteiger partial charge in [-0.15, -0.1) is 11.3 Å². The number of urea groups is 1. The zero-order valence-corrected chi connectivity index (χ0v) is 14.8. The summed E-state index contributed by atoms with van der Waals surface area (Å²) >= 11 is 1.74. The SMILES string of the molecule is COc1cccc(CNC(=O)N2CCCCC[C@@H]2c2cccs2)c1. The lowest BCUT2D eigenvalue weighted by atomic mass is 10.1. The van der Waals surface area contributed by atoms with Gasteiger partial charge in [0, 0.05) is 18.0 Å². The molecule has 4 nitrogen and oxygen atoms in total. The minimum Gasteiger partial charge on any atom is -0.497 e. The number of nitrogens with one attached hydrogen (secondary N) is 1. The van der Waals surface area contributed by atoms with Gasteiger partial charge in [0.25, 0.3) is 0 Å². The van der Waals surface area contributed by atoms with Crippen LogP contribution in [-0.4, -0.2) is 24.6 Å². The van der Waals surface area contributed by atoms with Gasteiger partial charge in [0.15, 0.2) is 0 Å². The van der Waals surface area contributed by atoms with Crippen molar-refractivity contribution in [3.63, 3.8) is 0 Å². The van der Waals surface area contributed by atoms with E-state index in [-0.39, 0.29) is 12.1 Å². The Labute approximate surface area is 147 Å². The lowest BCUT2D eigenvalue weighted by molar-refractivity contribution is 0.176. The van der Waals surface area contributed by atoms with Gasteiger partial charge in [-0.05, 0) is 42.0 Å². The summed E-state index contributed by atoms with van der Waals surface area (Å²) in [4.78, 5) is 16.1. The summed E-state index contributed by atoms with van der Waals surface area (Å²) in [5.74, 6) is 0.813.